The molecule has 31 heavy (non-hydrogen) atoms. The Labute approximate surface area is 191 Å². The molecule has 0 aliphatic carbocycles. The molecular formula is C24H34N4O2S. The maximum atomic E-state index is 6.06. The summed E-state index contributed by atoms with van der Waals surface area (Å²) in [6, 6.07) is 5.90. The van der Waals surface area contributed by atoms with Gasteiger partial charge in [0.25, 0.3) is 0 Å². The third-order valence-electron chi connectivity index (χ3n) is 5.13. The molecule has 0 saturated carbocycles. The van der Waals surface area contributed by atoms with Crippen molar-refractivity contribution in [3.63, 3.8) is 0 Å². The van der Waals surface area contributed by atoms with Crippen molar-refractivity contribution in [2.24, 2.45) is 9.98 Å². The van der Waals surface area contributed by atoms with E-state index in [1.807, 2.05) is 57.2 Å². The molecule has 2 rings (SSSR count). The van der Waals surface area contributed by atoms with Crippen molar-refractivity contribution < 1.29 is 9.47 Å². The second-order valence-electron chi connectivity index (χ2n) is 7.32. The number of hydrogen-bond acceptors (Lipinski definition) is 6. The zero-order valence-electron chi connectivity index (χ0n) is 18.8. The van der Waals surface area contributed by atoms with Crippen LogP contribution in [0.3, 0.4) is 0 Å². The number of thiol groups is 1. The van der Waals surface area contributed by atoms with E-state index in [2.05, 4.69) is 16.6 Å². The SMILES string of the molecule is C=NC(/C=C/COC/C(C)=C/C)=C(S)\C(=N/Cc1cccc(N)c1C)N1CCOCC1. The van der Waals surface area contributed by atoms with Crippen LogP contribution in [0.25, 0.3) is 0 Å². The van der Waals surface area contributed by atoms with Gasteiger partial charge in [-0.25, -0.2) is 0 Å². The Morgan fingerprint density at radius 2 is 2.10 bits per heavy atom. The van der Waals surface area contributed by atoms with Crippen LogP contribution >= 0.6 is 12.6 Å². The number of allylic oxidation sites excluding steroid dienone is 2. The van der Waals surface area contributed by atoms with Gasteiger partial charge in [-0.05, 0) is 50.8 Å². The summed E-state index contributed by atoms with van der Waals surface area (Å²) < 4.78 is 11.1. The van der Waals surface area contributed by atoms with E-state index in [-0.39, 0.29) is 0 Å². The largest absolute Gasteiger partial charge is 0.399 e. The third-order valence-corrected chi connectivity index (χ3v) is 5.56. The van der Waals surface area contributed by atoms with Crippen molar-refractivity contribution in [3.8, 4) is 0 Å². The molecule has 1 heterocycles. The lowest BCUT2D eigenvalue weighted by atomic mass is 10.1. The number of nitrogen functional groups attached to an aromatic ring is 1. The van der Waals surface area contributed by atoms with Crippen LogP contribution in [-0.2, 0) is 16.0 Å². The molecule has 1 aromatic rings. The molecule has 0 atom stereocenters. The lowest BCUT2D eigenvalue weighted by molar-refractivity contribution is 0.0682. The van der Waals surface area contributed by atoms with Crippen LogP contribution in [0.15, 0.2) is 62.6 Å². The first kappa shape index (κ1) is 24.9. The quantitative estimate of drug-likeness (QED) is 0.114. The van der Waals surface area contributed by atoms with Gasteiger partial charge >= 0.3 is 0 Å². The number of nitrogens with two attached hydrogens (primary N) is 1. The number of morpholine rings is 1. The molecule has 6 nitrogen and oxygen atoms in total. The molecule has 0 unspecified atom stereocenters. The standard InChI is InChI=1S/C24H34N4O2S/c1-5-18(2)17-30-13-7-10-22(26-4)23(31)24(28-11-14-29-15-12-28)27-16-20-8-6-9-21(25)19(20)3/h5-10,31H,4,11-17,25H2,1-3H3/b10-7+,18-5+,23-22+,27-24+. The normalized spacial score (nSPS) is 16.6. The maximum absolute atomic E-state index is 6.06. The van der Waals surface area contributed by atoms with Gasteiger partial charge in [-0.15, -0.1) is 12.6 Å². The van der Waals surface area contributed by atoms with Gasteiger partial charge in [0.1, 0.15) is 5.84 Å². The summed E-state index contributed by atoms with van der Waals surface area (Å²) in [5, 5.41) is 0. The number of ether oxygens (including phenoxy) is 2. The summed E-state index contributed by atoms with van der Waals surface area (Å²) >= 11 is 4.78. The fourth-order valence-corrected chi connectivity index (χ4v) is 3.34. The molecule has 1 aliphatic rings. The summed E-state index contributed by atoms with van der Waals surface area (Å²) in [4.78, 5) is 11.9. The highest BCUT2D eigenvalue weighted by atomic mass is 32.1. The average Bonchev–Trinajstić information content (AvgIpc) is 2.79. The molecule has 0 aromatic heterocycles. The van der Waals surface area contributed by atoms with Crippen LogP contribution in [0.2, 0.25) is 0 Å². The van der Waals surface area contributed by atoms with Gasteiger partial charge < -0.3 is 20.1 Å². The van der Waals surface area contributed by atoms with Gasteiger partial charge in [0.15, 0.2) is 0 Å². The Bertz CT molecular complexity index is 868. The molecule has 168 valence electrons. The van der Waals surface area contributed by atoms with Crippen LogP contribution in [0.5, 0.6) is 0 Å². The zero-order valence-corrected chi connectivity index (χ0v) is 19.7. The third kappa shape index (κ3) is 7.69. The second kappa shape index (κ2) is 13.1. The molecule has 0 radical (unpaired) electrons. The van der Waals surface area contributed by atoms with Gasteiger partial charge in [-0.1, -0.05) is 29.9 Å². The minimum absolute atomic E-state index is 0.484. The Hall–Kier alpha value is -2.35. The summed E-state index contributed by atoms with van der Waals surface area (Å²) in [5.41, 5.74) is 10.8. The predicted octanol–water partition coefficient (Wildman–Crippen LogP) is 4.19. The minimum Gasteiger partial charge on any atom is -0.399 e. The van der Waals surface area contributed by atoms with Crippen LogP contribution in [0.1, 0.15) is 25.0 Å². The molecule has 1 aliphatic heterocycles. The number of amidine groups is 1. The molecule has 1 aromatic carbocycles. The first-order chi connectivity index (χ1) is 15.0. The fourth-order valence-electron chi connectivity index (χ4n) is 2.99. The molecule has 0 bridgehead atoms. The van der Waals surface area contributed by atoms with E-state index in [4.69, 9.17) is 32.8 Å². The van der Waals surface area contributed by atoms with E-state index in [1.165, 1.54) is 5.57 Å². The van der Waals surface area contributed by atoms with E-state index < -0.39 is 0 Å². The van der Waals surface area contributed by atoms with Gasteiger partial charge in [0.2, 0.25) is 0 Å². The zero-order chi connectivity index (χ0) is 22.6. The highest BCUT2D eigenvalue weighted by Gasteiger charge is 2.19. The molecule has 1 saturated heterocycles. The fraction of sp³-hybridized carbons (Fsp3) is 0.417. The van der Waals surface area contributed by atoms with E-state index >= 15 is 0 Å². The first-order valence-electron chi connectivity index (χ1n) is 10.5. The summed E-state index contributed by atoms with van der Waals surface area (Å²) in [6.45, 7) is 14.2. The van der Waals surface area contributed by atoms with Crippen LogP contribution in [0, 0.1) is 6.92 Å². The monoisotopic (exact) mass is 442 g/mol. The van der Waals surface area contributed by atoms with Gasteiger partial charge in [-0.2, -0.15) is 0 Å². The molecular weight excluding hydrogens is 408 g/mol. The van der Waals surface area contributed by atoms with Crippen LogP contribution in [-0.4, -0.2) is 57.0 Å². The number of rotatable bonds is 9. The van der Waals surface area contributed by atoms with Gasteiger partial charge in [0.05, 0.1) is 43.6 Å². The lowest BCUT2D eigenvalue weighted by Gasteiger charge is -2.30. The van der Waals surface area contributed by atoms with Crippen molar-refractivity contribution in [1.29, 1.82) is 0 Å². The van der Waals surface area contributed by atoms with Crippen molar-refractivity contribution >= 4 is 30.9 Å². The van der Waals surface area contributed by atoms with Crippen LogP contribution in [0.4, 0.5) is 5.69 Å². The number of anilines is 1. The lowest BCUT2D eigenvalue weighted by Crippen LogP contribution is -2.41. The summed E-state index contributed by atoms with van der Waals surface area (Å²) in [6.07, 6.45) is 5.84. The summed E-state index contributed by atoms with van der Waals surface area (Å²) in [5.74, 6) is 0.784. The van der Waals surface area contributed by atoms with Crippen LogP contribution < -0.4 is 5.73 Å². The number of benzene rings is 1. The van der Waals surface area contributed by atoms with Crippen molar-refractivity contribution in [2.45, 2.75) is 27.3 Å². The van der Waals surface area contributed by atoms with E-state index in [1.54, 1.807) is 0 Å². The first-order valence-corrected chi connectivity index (χ1v) is 10.9. The van der Waals surface area contributed by atoms with Crippen molar-refractivity contribution in [2.75, 3.05) is 45.3 Å². The molecule has 0 spiro atoms. The predicted molar refractivity (Wildman–Crippen MR) is 134 cm³/mol. The highest BCUT2D eigenvalue weighted by Crippen LogP contribution is 2.21. The van der Waals surface area contributed by atoms with Crippen molar-refractivity contribution in [1.82, 2.24) is 4.90 Å². The Balaban J connectivity index is 2.25. The molecule has 0 amide bonds. The topological polar surface area (TPSA) is 72.4 Å². The average molecular weight is 443 g/mol. The Morgan fingerprint density at radius 3 is 2.77 bits per heavy atom. The smallest absolute Gasteiger partial charge is 0.139 e. The number of hydrogen-bond donors (Lipinski definition) is 2. The van der Waals surface area contributed by atoms with Crippen molar-refractivity contribution in [3.05, 3.63) is 63.7 Å². The van der Waals surface area contributed by atoms with E-state index in [0.29, 0.717) is 43.6 Å². The molecule has 2 N–H and O–H groups in total. The second-order valence-corrected chi connectivity index (χ2v) is 7.76. The molecule has 1 fully saturated rings. The van der Waals surface area contributed by atoms with E-state index in [0.717, 1.165) is 35.7 Å². The maximum Gasteiger partial charge on any atom is 0.139 e. The minimum atomic E-state index is 0.484. The number of aliphatic imine (C=N–C) groups is 2. The Morgan fingerprint density at radius 1 is 1.35 bits per heavy atom. The highest BCUT2D eigenvalue weighted by molar-refractivity contribution is 7.85. The van der Waals surface area contributed by atoms with Gasteiger partial charge in [0, 0.05) is 18.8 Å². The Kier molecular flexibility index (Phi) is 10.6. The molecule has 7 heteroatoms. The summed E-state index contributed by atoms with van der Waals surface area (Å²) in [7, 11) is 0. The van der Waals surface area contributed by atoms with E-state index in [9.17, 15) is 0 Å². The number of nitrogens with zero attached hydrogens (tertiary/aromatic N) is 3. The van der Waals surface area contributed by atoms with Gasteiger partial charge in [-0.3, -0.25) is 9.98 Å².